The van der Waals surface area contributed by atoms with Crippen LogP contribution in [0.25, 0.3) is 17.0 Å². The van der Waals surface area contributed by atoms with Crippen LogP contribution in [0.4, 0.5) is 10.5 Å². The number of nitrogens with one attached hydrogen (secondary N) is 1. The van der Waals surface area contributed by atoms with Gasteiger partial charge in [0.25, 0.3) is 11.1 Å². The van der Waals surface area contributed by atoms with E-state index in [4.69, 9.17) is 8.83 Å². The van der Waals surface area contributed by atoms with Gasteiger partial charge < -0.3 is 14.2 Å². The minimum absolute atomic E-state index is 0.0333. The van der Waals surface area contributed by atoms with Crippen molar-refractivity contribution in [1.82, 2.24) is 4.90 Å². The Balaban J connectivity index is 1.38. The van der Waals surface area contributed by atoms with E-state index in [1.54, 1.807) is 36.4 Å². The van der Waals surface area contributed by atoms with Gasteiger partial charge in [-0.3, -0.25) is 19.3 Å². The summed E-state index contributed by atoms with van der Waals surface area (Å²) in [4.78, 5) is 49.2. The van der Waals surface area contributed by atoms with Gasteiger partial charge >= 0.3 is 5.63 Å². The number of thioether (sulfide) groups is 1. The number of carbonyl (C=O) groups is 3. The molecule has 1 N–H and O–H groups in total. The zero-order valence-corrected chi connectivity index (χ0v) is 15.7. The molecular formula is C20H14N2O6S. The number of carbonyl (C=O) groups excluding carboxylic acids is 3. The van der Waals surface area contributed by atoms with Gasteiger partial charge in [-0.1, -0.05) is 0 Å². The Bertz CT molecular complexity index is 1200. The van der Waals surface area contributed by atoms with E-state index in [0.717, 1.165) is 16.7 Å². The molecule has 146 valence electrons. The first-order chi connectivity index (χ1) is 14.0. The molecule has 1 fully saturated rings. The van der Waals surface area contributed by atoms with Crippen molar-refractivity contribution in [2.45, 2.75) is 6.42 Å². The SMILES string of the molecule is O=C(CCN1C(=O)SC(=Cc2ccco2)C1=O)Nc1ccc2oc(=O)ccc2c1. The fourth-order valence-corrected chi connectivity index (χ4v) is 3.63. The molecule has 0 bridgehead atoms. The monoisotopic (exact) mass is 410 g/mol. The summed E-state index contributed by atoms with van der Waals surface area (Å²) in [5.41, 5.74) is 0.479. The number of imide groups is 1. The van der Waals surface area contributed by atoms with Crippen molar-refractivity contribution in [3.8, 4) is 0 Å². The predicted molar refractivity (Wildman–Crippen MR) is 107 cm³/mol. The molecule has 0 unspecified atom stereocenters. The summed E-state index contributed by atoms with van der Waals surface area (Å²) >= 11 is 0.809. The Morgan fingerprint density at radius 2 is 2.00 bits per heavy atom. The summed E-state index contributed by atoms with van der Waals surface area (Å²) in [5, 5.41) is 2.94. The van der Waals surface area contributed by atoms with Gasteiger partial charge in [0.2, 0.25) is 5.91 Å². The fraction of sp³-hybridized carbons (Fsp3) is 0.100. The van der Waals surface area contributed by atoms with Crippen molar-refractivity contribution in [2.24, 2.45) is 0 Å². The quantitative estimate of drug-likeness (QED) is 0.507. The molecule has 29 heavy (non-hydrogen) atoms. The summed E-state index contributed by atoms with van der Waals surface area (Å²) in [6.45, 7) is -0.0333. The Morgan fingerprint density at radius 1 is 1.14 bits per heavy atom. The number of hydrogen-bond acceptors (Lipinski definition) is 7. The maximum Gasteiger partial charge on any atom is 0.336 e. The van der Waals surface area contributed by atoms with Crippen molar-refractivity contribution in [1.29, 1.82) is 0 Å². The molecule has 1 aliphatic heterocycles. The number of rotatable bonds is 5. The standard InChI is InChI=1S/C20H14N2O6S/c23-17(21-13-4-5-15-12(10-13)3-6-18(24)28-15)7-8-22-19(25)16(29-20(22)26)11-14-2-1-9-27-14/h1-6,9-11H,7-8H2,(H,21,23). The van der Waals surface area contributed by atoms with Crippen molar-refractivity contribution in [3.63, 3.8) is 0 Å². The van der Waals surface area contributed by atoms with Crippen molar-refractivity contribution in [2.75, 3.05) is 11.9 Å². The average Bonchev–Trinajstić information content (AvgIpc) is 3.29. The van der Waals surface area contributed by atoms with Crippen LogP contribution >= 0.6 is 11.8 Å². The van der Waals surface area contributed by atoms with Gasteiger partial charge in [-0.2, -0.15) is 0 Å². The van der Waals surface area contributed by atoms with Crippen LogP contribution in [0.5, 0.6) is 0 Å². The van der Waals surface area contributed by atoms with Gasteiger partial charge in [0.1, 0.15) is 11.3 Å². The Hall–Kier alpha value is -3.59. The lowest BCUT2D eigenvalue weighted by atomic mass is 10.2. The third-order valence-electron chi connectivity index (χ3n) is 4.16. The van der Waals surface area contributed by atoms with Crippen molar-refractivity contribution < 1.29 is 23.2 Å². The summed E-state index contributed by atoms with van der Waals surface area (Å²) in [5.74, 6) is -0.332. The maximum atomic E-state index is 12.4. The predicted octanol–water partition coefficient (Wildman–Crippen LogP) is 3.45. The number of fused-ring (bicyclic) bond motifs is 1. The molecule has 1 aromatic carbocycles. The summed E-state index contributed by atoms with van der Waals surface area (Å²) < 4.78 is 10.2. The molecule has 0 radical (unpaired) electrons. The van der Waals surface area contributed by atoms with E-state index in [1.807, 2.05) is 0 Å². The highest BCUT2D eigenvalue weighted by molar-refractivity contribution is 8.18. The van der Waals surface area contributed by atoms with Crippen LogP contribution in [0, 0.1) is 0 Å². The number of benzene rings is 1. The van der Waals surface area contributed by atoms with E-state index < -0.39 is 16.8 Å². The second-order valence-corrected chi connectivity index (χ2v) is 7.15. The number of furan rings is 1. The molecule has 3 heterocycles. The molecule has 3 aromatic rings. The highest BCUT2D eigenvalue weighted by Gasteiger charge is 2.35. The zero-order valence-electron chi connectivity index (χ0n) is 14.9. The van der Waals surface area contributed by atoms with Crippen LogP contribution in [-0.2, 0) is 9.59 Å². The Kier molecular flexibility index (Phi) is 5.05. The van der Waals surface area contributed by atoms with E-state index >= 15 is 0 Å². The molecule has 4 rings (SSSR count). The van der Waals surface area contributed by atoms with Gasteiger partial charge in [-0.05, 0) is 48.2 Å². The lowest BCUT2D eigenvalue weighted by molar-refractivity contribution is -0.123. The third kappa shape index (κ3) is 4.14. The first-order valence-electron chi connectivity index (χ1n) is 8.62. The average molecular weight is 410 g/mol. The van der Waals surface area contributed by atoms with Gasteiger partial charge in [-0.25, -0.2) is 4.79 Å². The Morgan fingerprint density at radius 3 is 2.79 bits per heavy atom. The molecule has 2 aromatic heterocycles. The van der Waals surface area contributed by atoms with E-state index in [9.17, 15) is 19.2 Å². The number of anilines is 1. The largest absolute Gasteiger partial charge is 0.465 e. The molecule has 0 spiro atoms. The number of hydrogen-bond donors (Lipinski definition) is 1. The zero-order chi connectivity index (χ0) is 20.4. The molecule has 9 heteroatoms. The molecule has 1 saturated heterocycles. The van der Waals surface area contributed by atoms with Crippen LogP contribution < -0.4 is 10.9 Å². The number of amides is 3. The lowest BCUT2D eigenvalue weighted by Gasteiger charge is -2.12. The first kappa shape index (κ1) is 18.8. The normalized spacial score (nSPS) is 15.4. The van der Waals surface area contributed by atoms with E-state index in [2.05, 4.69) is 5.32 Å². The summed E-state index contributed by atoms with van der Waals surface area (Å²) in [6.07, 6.45) is 2.92. The maximum absolute atomic E-state index is 12.4. The lowest BCUT2D eigenvalue weighted by Crippen LogP contribution is -2.31. The number of nitrogens with zero attached hydrogens (tertiary/aromatic N) is 1. The van der Waals surface area contributed by atoms with Gasteiger partial charge in [0.05, 0.1) is 11.2 Å². The molecule has 0 saturated carbocycles. The first-order valence-corrected chi connectivity index (χ1v) is 9.44. The molecule has 0 atom stereocenters. The second-order valence-electron chi connectivity index (χ2n) is 6.15. The molecule has 8 nitrogen and oxygen atoms in total. The highest BCUT2D eigenvalue weighted by Crippen LogP contribution is 2.32. The van der Waals surface area contributed by atoms with Gasteiger partial charge in [0, 0.05) is 36.2 Å². The van der Waals surface area contributed by atoms with Crippen LogP contribution in [0.2, 0.25) is 0 Å². The highest BCUT2D eigenvalue weighted by atomic mass is 32.2. The van der Waals surface area contributed by atoms with Gasteiger partial charge in [0.15, 0.2) is 0 Å². The van der Waals surface area contributed by atoms with E-state index in [1.165, 1.54) is 18.4 Å². The van der Waals surface area contributed by atoms with Crippen LogP contribution in [0.3, 0.4) is 0 Å². The summed E-state index contributed by atoms with van der Waals surface area (Å²) in [7, 11) is 0. The Labute approximate surface area is 168 Å². The third-order valence-corrected chi connectivity index (χ3v) is 5.06. The molecule has 0 aliphatic carbocycles. The van der Waals surface area contributed by atoms with Crippen molar-refractivity contribution in [3.05, 3.63) is 69.8 Å². The smallest absolute Gasteiger partial charge is 0.336 e. The van der Waals surface area contributed by atoms with Crippen molar-refractivity contribution >= 4 is 51.5 Å². The van der Waals surface area contributed by atoms with E-state index in [0.29, 0.717) is 22.4 Å². The van der Waals surface area contributed by atoms with Crippen LogP contribution in [0.15, 0.2) is 67.3 Å². The molecule has 1 aliphatic rings. The molecular weight excluding hydrogens is 396 g/mol. The van der Waals surface area contributed by atoms with Crippen LogP contribution in [-0.4, -0.2) is 28.5 Å². The summed E-state index contributed by atoms with van der Waals surface area (Å²) in [6, 6.07) is 11.1. The van der Waals surface area contributed by atoms with Gasteiger partial charge in [-0.15, -0.1) is 0 Å². The minimum atomic E-state index is -0.454. The molecule has 3 amide bonds. The topological polar surface area (TPSA) is 110 Å². The minimum Gasteiger partial charge on any atom is -0.465 e. The fourth-order valence-electron chi connectivity index (χ4n) is 2.78. The van der Waals surface area contributed by atoms with Crippen LogP contribution in [0.1, 0.15) is 12.2 Å². The van der Waals surface area contributed by atoms with E-state index in [-0.39, 0.29) is 23.8 Å². The second kappa shape index (κ2) is 7.80.